The van der Waals surface area contributed by atoms with Crippen LogP contribution in [0.5, 0.6) is 0 Å². The summed E-state index contributed by atoms with van der Waals surface area (Å²) in [4.78, 5) is 13.5. The van der Waals surface area contributed by atoms with Crippen molar-refractivity contribution in [1.29, 1.82) is 0 Å². The van der Waals surface area contributed by atoms with Gasteiger partial charge < -0.3 is 0 Å². The van der Waals surface area contributed by atoms with Gasteiger partial charge in [-0.2, -0.15) is 0 Å². The van der Waals surface area contributed by atoms with Gasteiger partial charge in [0.15, 0.2) is 0 Å². The molecule has 0 aliphatic heterocycles. The van der Waals surface area contributed by atoms with Crippen LogP contribution in [0.15, 0.2) is 36.7 Å². The van der Waals surface area contributed by atoms with E-state index in [1.165, 1.54) is 12.1 Å². The van der Waals surface area contributed by atoms with Crippen LogP contribution in [0.2, 0.25) is 0 Å². The number of aromatic nitrogens is 3. The lowest BCUT2D eigenvalue weighted by Crippen LogP contribution is -2.15. The molecule has 0 bridgehead atoms. The van der Waals surface area contributed by atoms with Crippen molar-refractivity contribution in [3.63, 3.8) is 0 Å². The first kappa shape index (κ1) is 14.6. The van der Waals surface area contributed by atoms with E-state index in [9.17, 15) is 4.39 Å². The molecule has 0 aliphatic rings. The zero-order valence-electron chi connectivity index (χ0n) is 13.2. The number of hydrogen-bond acceptors (Lipinski definition) is 3. The lowest BCUT2D eigenvalue weighted by Gasteiger charge is -2.16. The Morgan fingerprint density at radius 2 is 1.68 bits per heavy atom. The van der Waals surface area contributed by atoms with Gasteiger partial charge in [0.2, 0.25) is 0 Å². The van der Waals surface area contributed by atoms with E-state index in [2.05, 4.69) is 35.7 Å². The van der Waals surface area contributed by atoms with Crippen LogP contribution in [-0.2, 0) is 5.41 Å². The molecule has 0 radical (unpaired) electrons. The Kier molecular flexibility index (Phi) is 3.39. The van der Waals surface area contributed by atoms with Gasteiger partial charge in [-0.25, -0.2) is 19.3 Å². The first-order valence-electron chi connectivity index (χ1n) is 7.24. The second kappa shape index (κ2) is 5.13. The normalized spacial score (nSPS) is 11.9. The molecule has 2 heterocycles. The maximum absolute atomic E-state index is 13.3. The second-order valence-electron chi connectivity index (χ2n) is 6.53. The van der Waals surface area contributed by atoms with Crippen molar-refractivity contribution in [2.45, 2.75) is 33.1 Å². The molecule has 0 N–H and O–H groups in total. The highest BCUT2D eigenvalue weighted by atomic mass is 19.1. The van der Waals surface area contributed by atoms with Crippen LogP contribution in [0.4, 0.5) is 4.39 Å². The van der Waals surface area contributed by atoms with E-state index in [0.29, 0.717) is 0 Å². The van der Waals surface area contributed by atoms with E-state index in [1.54, 1.807) is 18.5 Å². The van der Waals surface area contributed by atoms with Gasteiger partial charge in [0, 0.05) is 28.8 Å². The fourth-order valence-electron chi connectivity index (χ4n) is 2.36. The summed E-state index contributed by atoms with van der Waals surface area (Å²) in [6.07, 6.45) is 3.59. The SMILES string of the molecule is Cc1cc(-c2cnc(C(C)(C)C)nc2)nc2ccc(F)cc12. The van der Waals surface area contributed by atoms with Crippen molar-refractivity contribution in [2.75, 3.05) is 0 Å². The van der Waals surface area contributed by atoms with E-state index < -0.39 is 0 Å². The highest BCUT2D eigenvalue weighted by molar-refractivity contribution is 5.84. The molecule has 3 aromatic rings. The second-order valence-corrected chi connectivity index (χ2v) is 6.53. The van der Waals surface area contributed by atoms with E-state index in [4.69, 9.17) is 0 Å². The number of rotatable bonds is 1. The monoisotopic (exact) mass is 295 g/mol. The van der Waals surface area contributed by atoms with Gasteiger partial charge in [-0.05, 0) is 36.8 Å². The third-order valence-corrected chi connectivity index (χ3v) is 3.60. The molecule has 2 aromatic heterocycles. The quantitative estimate of drug-likeness (QED) is 0.666. The highest BCUT2D eigenvalue weighted by Gasteiger charge is 2.17. The lowest BCUT2D eigenvalue weighted by molar-refractivity contribution is 0.545. The zero-order chi connectivity index (χ0) is 15.9. The standard InChI is InChI=1S/C18H18FN3/c1-11-7-16(22-15-6-5-13(19)8-14(11)15)12-9-20-17(21-10-12)18(2,3)4/h5-10H,1-4H3. The Labute approximate surface area is 129 Å². The molecule has 0 unspecified atom stereocenters. The van der Waals surface area contributed by atoms with Crippen molar-refractivity contribution >= 4 is 10.9 Å². The van der Waals surface area contributed by atoms with Crippen LogP contribution in [-0.4, -0.2) is 15.0 Å². The van der Waals surface area contributed by atoms with E-state index in [0.717, 1.165) is 33.5 Å². The van der Waals surface area contributed by atoms with Crippen molar-refractivity contribution in [1.82, 2.24) is 15.0 Å². The smallest absolute Gasteiger partial charge is 0.133 e. The molecule has 0 spiro atoms. The number of benzene rings is 1. The Balaban J connectivity index is 2.08. The molecule has 3 nitrogen and oxygen atoms in total. The molecule has 22 heavy (non-hydrogen) atoms. The summed E-state index contributed by atoms with van der Waals surface area (Å²) in [6.45, 7) is 8.19. The minimum atomic E-state index is -0.247. The van der Waals surface area contributed by atoms with Crippen LogP contribution in [0.1, 0.15) is 32.2 Å². The highest BCUT2D eigenvalue weighted by Crippen LogP contribution is 2.25. The molecule has 0 saturated heterocycles. The minimum Gasteiger partial charge on any atom is -0.248 e. The number of aryl methyl sites for hydroxylation is 1. The molecule has 0 aliphatic carbocycles. The summed E-state index contributed by atoms with van der Waals surface area (Å²) in [5.41, 5.74) is 3.35. The molecule has 0 atom stereocenters. The predicted octanol–water partition coefficient (Wildman–Crippen LogP) is 4.44. The molecule has 3 rings (SSSR count). The molecule has 0 amide bonds. The van der Waals surface area contributed by atoms with Crippen molar-refractivity contribution in [3.8, 4) is 11.3 Å². The number of nitrogens with zero attached hydrogens (tertiary/aromatic N) is 3. The van der Waals surface area contributed by atoms with Gasteiger partial charge in [-0.3, -0.25) is 0 Å². The average molecular weight is 295 g/mol. The third-order valence-electron chi connectivity index (χ3n) is 3.60. The molecular weight excluding hydrogens is 277 g/mol. The van der Waals surface area contributed by atoms with Crippen molar-refractivity contribution < 1.29 is 4.39 Å². The summed E-state index contributed by atoms with van der Waals surface area (Å²) in [5, 5.41) is 0.830. The number of pyridine rings is 1. The Morgan fingerprint density at radius 3 is 2.32 bits per heavy atom. The minimum absolute atomic E-state index is 0.0806. The van der Waals surface area contributed by atoms with E-state index in [1.807, 2.05) is 13.0 Å². The number of fused-ring (bicyclic) bond motifs is 1. The Morgan fingerprint density at radius 1 is 1.00 bits per heavy atom. The Bertz CT molecular complexity index is 833. The first-order chi connectivity index (χ1) is 10.3. The van der Waals surface area contributed by atoms with Gasteiger partial charge in [-0.1, -0.05) is 20.8 Å². The maximum Gasteiger partial charge on any atom is 0.133 e. The molecule has 112 valence electrons. The molecular formula is C18H18FN3. The van der Waals surface area contributed by atoms with Gasteiger partial charge in [0.1, 0.15) is 11.6 Å². The summed E-state index contributed by atoms with van der Waals surface area (Å²) in [5.74, 6) is 0.554. The maximum atomic E-state index is 13.3. The van der Waals surface area contributed by atoms with Gasteiger partial charge >= 0.3 is 0 Å². The molecule has 0 fully saturated rings. The van der Waals surface area contributed by atoms with E-state index in [-0.39, 0.29) is 11.2 Å². The third kappa shape index (κ3) is 2.69. The number of hydrogen-bond donors (Lipinski definition) is 0. The fraction of sp³-hybridized carbons (Fsp3) is 0.278. The topological polar surface area (TPSA) is 38.7 Å². The van der Waals surface area contributed by atoms with Crippen LogP contribution in [0.25, 0.3) is 22.2 Å². The van der Waals surface area contributed by atoms with Crippen LogP contribution >= 0.6 is 0 Å². The Hall–Kier alpha value is -2.36. The average Bonchev–Trinajstić information content (AvgIpc) is 2.47. The largest absolute Gasteiger partial charge is 0.248 e. The predicted molar refractivity (Wildman–Crippen MR) is 86.2 cm³/mol. The van der Waals surface area contributed by atoms with Crippen LogP contribution in [0.3, 0.4) is 0 Å². The molecule has 1 aromatic carbocycles. The summed E-state index contributed by atoms with van der Waals surface area (Å²) in [6, 6.07) is 6.58. The molecule has 0 saturated carbocycles. The summed E-state index contributed by atoms with van der Waals surface area (Å²) >= 11 is 0. The molecule has 4 heteroatoms. The van der Waals surface area contributed by atoms with Crippen LogP contribution in [0, 0.1) is 12.7 Å². The summed E-state index contributed by atoms with van der Waals surface area (Å²) in [7, 11) is 0. The first-order valence-corrected chi connectivity index (χ1v) is 7.24. The van der Waals surface area contributed by atoms with Crippen LogP contribution < -0.4 is 0 Å². The van der Waals surface area contributed by atoms with Gasteiger partial charge in [0.25, 0.3) is 0 Å². The number of halogens is 1. The van der Waals surface area contributed by atoms with Crippen molar-refractivity contribution in [3.05, 3.63) is 53.9 Å². The lowest BCUT2D eigenvalue weighted by atomic mass is 9.95. The summed E-state index contributed by atoms with van der Waals surface area (Å²) < 4.78 is 13.3. The van der Waals surface area contributed by atoms with E-state index >= 15 is 0 Å². The van der Waals surface area contributed by atoms with Crippen molar-refractivity contribution in [2.24, 2.45) is 0 Å². The zero-order valence-corrected chi connectivity index (χ0v) is 13.2. The van der Waals surface area contributed by atoms with Gasteiger partial charge in [-0.15, -0.1) is 0 Å². The van der Waals surface area contributed by atoms with Gasteiger partial charge in [0.05, 0.1) is 11.2 Å². The fourth-order valence-corrected chi connectivity index (χ4v) is 2.36.